The summed E-state index contributed by atoms with van der Waals surface area (Å²) in [7, 11) is -3.34. The molecule has 0 bridgehead atoms. The van der Waals surface area contributed by atoms with E-state index in [0.29, 0.717) is 13.2 Å². The van der Waals surface area contributed by atoms with Crippen molar-refractivity contribution in [2.75, 3.05) is 13.2 Å². The first-order valence-electron chi connectivity index (χ1n) is 5.88. The molecule has 1 saturated carbocycles. The molecule has 0 amide bonds. The van der Waals surface area contributed by atoms with Gasteiger partial charge < -0.3 is 18.1 Å². The van der Waals surface area contributed by atoms with Crippen molar-refractivity contribution in [2.24, 2.45) is 0 Å². The molecule has 0 spiro atoms. The van der Waals surface area contributed by atoms with Crippen LogP contribution in [0.5, 0.6) is 0 Å². The second kappa shape index (κ2) is 6.60. The Morgan fingerprint density at radius 2 is 1.60 bits per heavy atom. The molecule has 1 aliphatic rings. The van der Waals surface area contributed by atoms with Gasteiger partial charge in [0.2, 0.25) is 0 Å². The van der Waals surface area contributed by atoms with E-state index in [2.05, 4.69) is 0 Å². The third-order valence-corrected chi connectivity index (χ3v) is 4.46. The number of rotatable bonds is 6. The third kappa shape index (κ3) is 4.61. The molecule has 1 aliphatic carbocycles. The summed E-state index contributed by atoms with van der Waals surface area (Å²) in [5.41, 5.74) is 0. The Hall–Kier alpha value is 0.0569. The quantitative estimate of drug-likeness (QED) is 0.712. The van der Waals surface area contributed by atoms with Crippen molar-refractivity contribution in [1.29, 1.82) is 0 Å². The van der Waals surface area contributed by atoms with Crippen LogP contribution in [0.2, 0.25) is 0 Å². The molecule has 15 heavy (non-hydrogen) atoms. The van der Waals surface area contributed by atoms with Gasteiger partial charge in [-0.25, -0.2) is 0 Å². The van der Waals surface area contributed by atoms with E-state index < -0.39 is 9.05 Å². The van der Waals surface area contributed by atoms with Crippen molar-refractivity contribution in [1.82, 2.24) is 0 Å². The molecule has 0 saturated heterocycles. The van der Waals surface area contributed by atoms with Crippen LogP contribution in [-0.4, -0.2) is 33.2 Å². The van der Waals surface area contributed by atoms with Crippen molar-refractivity contribution in [2.45, 2.75) is 52.1 Å². The average Bonchev–Trinajstić information content (AvgIpc) is 2.19. The van der Waals surface area contributed by atoms with Crippen LogP contribution in [0, 0.1) is 0 Å². The second-order valence-corrected chi connectivity index (χ2v) is 5.63. The van der Waals surface area contributed by atoms with E-state index in [4.69, 9.17) is 13.3 Å². The van der Waals surface area contributed by atoms with E-state index in [0.717, 1.165) is 12.8 Å². The molecule has 90 valence electrons. The van der Waals surface area contributed by atoms with Crippen LogP contribution in [0.3, 0.4) is 0 Å². The Labute approximate surface area is 93.0 Å². The molecule has 0 radical (unpaired) electrons. The largest absolute Gasteiger partial charge is 0.677 e. The molecule has 1 fully saturated rings. The lowest BCUT2D eigenvalue weighted by atomic mass is 9.98. The predicted molar refractivity (Wildman–Crippen MR) is 59.2 cm³/mol. The predicted octanol–water partition coefficient (Wildman–Crippen LogP) is 1.84. The highest BCUT2D eigenvalue weighted by Crippen LogP contribution is 2.23. The molecule has 1 N–H and O–H groups in total. The molecule has 0 aromatic rings. The van der Waals surface area contributed by atoms with Gasteiger partial charge in [-0.05, 0) is 26.7 Å². The van der Waals surface area contributed by atoms with Crippen LogP contribution in [0.25, 0.3) is 0 Å². The Balaban J connectivity index is 2.40. The lowest BCUT2D eigenvalue weighted by Crippen LogP contribution is -2.49. The summed E-state index contributed by atoms with van der Waals surface area (Å²) in [6.07, 6.45) is 5.75. The van der Waals surface area contributed by atoms with Crippen LogP contribution < -0.4 is 0 Å². The molecule has 0 heterocycles. The summed E-state index contributed by atoms with van der Waals surface area (Å²) in [6.45, 7) is 4.52. The average molecular weight is 234 g/mol. The SMILES string of the molecule is CCO[Si](O)(OCC)OC1CCCCC1. The third-order valence-electron chi connectivity index (χ3n) is 2.52. The van der Waals surface area contributed by atoms with Crippen LogP contribution in [0.15, 0.2) is 0 Å². The van der Waals surface area contributed by atoms with Gasteiger partial charge in [-0.1, -0.05) is 19.3 Å². The molecule has 4 nitrogen and oxygen atoms in total. The Morgan fingerprint density at radius 3 is 2.07 bits per heavy atom. The van der Waals surface area contributed by atoms with E-state index in [1.165, 1.54) is 19.3 Å². The van der Waals surface area contributed by atoms with Gasteiger partial charge in [-0.2, -0.15) is 0 Å². The van der Waals surface area contributed by atoms with Crippen molar-refractivity contribution in [3.63, 3.8) is 0 Å². The summed E-state index contributed by atoms with van der Waals surface area (Å²) < 4.78 is 16.1. The zero-order valence-electron chi connectivity index (χ0n) is 9.70. The molecule has 1 rings (SSSR count). The Kier molecular flexibility index (Phi) is 5.77. The molecule has 0 aliphatic heterocycles. The van der Waals surface area contributed by atoms with Gasteiger partial charge in [0.25, 0.3) is 0 Å². The lowest BCUT2D eigenvalue weighted by molar-refractivity contribution is -0.0369. The minimum absolute atomic E-state index is 0.119. The normalized spacial score (nSPS) is 19.4. The maximum absolute atomic E-state index is 10.0. The highest BCUT2D eigenvalue weighted by atomic mass is 28.4. The van der Waals surface area contributed by atoms with Gasteiger partial charge in [-0.3, -0.25) is 0 Å². The van der Waals surface area contributed by atoms with Gasteiger partial charge in [-0.15, -0.1) is 0 Å². The minimum Gasteiger partial charge on any atom is -0.367 e. The van der Waals surface area contributed by atoms with Crippen LogP contribution >= 0.6 is 0 Å². The lowest BCUT2D eigenvalue weighted by Gasteiger charge is -2.29. The molecular weight excluding hydrogens is 212 g/mol. The highest BCUT2D eigenvalue weighted by molar-refractivity contribution is 6.51. The first-order valence-corrected chi connectivity index (χ1v) is 7.55. The van der Waals surface area contributed by atoms with Crippen molar-refractivity contribution < 1.29 is 18.1 Å². The Bertz CT molecular complexity index is 165. The number of hydrogen-bond acceptors (Lipinski definition) is 4. The fourth-order valence-electron chi connectivity index (χ4n) is 1.87. The highest BCUT2D eigenvalue weighted by Gasteiger charge is 2.43. The summed E-state index contributed by atoms with van der Waals surface area (Å²) in [5.74, 6) is 0. The first-order chi connectivity index (χ1) is 7.20. The van der Waals surface area contributed by atoms with Crippen molar-refractivity contribution in [3.8, 4) is 0 Å². The summed E-state index contributed by atoms with van der Waals surface area (Å²) >= 11 is 0. The molecular formula is C10H22O4Si. The maximum atomic E-state index is 10.0. The molecule has 0 aromatic heterocycles. The first kappa shape index (κ1) is 13.1. The monoisotopic (exact) mass is 234 g/mol. The van der Waals surface area contributed by atoms with Gasteiger partial charge in [0.15, 0.2) is 0 Å². The Morgan fingerprint density at radius 1 is 1.07 bits per heavy atom. The zero-order valence-corrected chi connectivity index (χ0v) is 10.7. The standard InChI is InChI=1S/C10H22O4Si/c1-3-12-15(11,13-4-2)14-10-8-6-5-7-9-10/h10-11H,3-9H2,1-2H3. The number of hydrogen-bond donors (Lipinski definition) is 1. The molecule has 5 heteroatoms. The maximum Gasteiger partial charge on any atom is 0.677 e. The molecule has 0 unspecified atom stereocenters. The molecule has 0 aromatic carbocycles. The van der Waals surface area contributed by atoms with Crippen molar-refractivity contribution >= 4 is 9.05 Å². The van der Waals surface area contributed by atoms with E-state index in [1.54, 1.807) is 0 Å². The smallest absolute Gasteiger partial charge is 0.367 e. The fourth-order valence-corrected chi connectivity index (χ4v) is 3.47. The second-order valence-electron chi connectivity index (χ2n) is 3.77. The minimum atomic E-state index is -3.34. The van der Waals surface area contributed by atoms with E-state index in [1.807, 2.05) is 13.8 Å². The fraction of sp³-hybridized carbons (Fsp3) is 1.00. The van der Waals surface area contributed by atoms with E-state index in [-0.39, 0.29) is 6.10 Å². The van der Waals surface area contributed by atoms with Crippen LogP contribution in [-0.2, 0) is 13.3 Å². The summed E-state index contributed by atoms with van der Waals surface area (Å²) in [4.78, 5) is 10.0. The van der Waals surface area contributed by atoms with Gasteiger partial charge in [0, 0.05) is 13.2 Å². The van der Waals surface area contributed by atoms with Gasteiger partial charge >= 0.3 is 9.05 Å². The molecule has 0 atom stereocenters. The van der Waals surface area contributed by atoms with Gasteiger partial charge in [0.1, 0.15) is 0 Å². The summed E-state index contributed by atoms with van der Waals surface area (Å²) in [5, 5.41) is 0. The van der Waals surface area contributed by atoms with E-state index >= 15 is 0 Å². The van der Waals surface area contributed by atoms with Crippen LogP contribution in [0.1, 0.15) is 46.0 Å². The summed E-state index contributed by atoms with van der Waals surface area (Å²) in [6, 6.07) is 0. The van der Waals surface area contributed by atoms with Gasteiger partial charge in [0.05, 0.1) is 6.10 Å². The zero-order chi connectivity index (χ0) is 11.1. The van der Waals surface area contributed by atoms with Crippen LogP contribution in [0.4, 0.5) is 0 Å². The van der Waals surface area contributed by atoms with E-state index in [9.17, 15) is 4.80 Å². The van der Waals surface area contributed by atoms with Crippen molar-refractivity contribution in [3.05, 3.63) is 0 Å². The topological polar surface area (TPSA) is 47.9 Å².